The van der Waals surface area contributed by atoms with Gasteiger partial charge < -0.3 is 4.74 Å². The standard InChI is InChI=1S/C28H21FN2O2S/c1-33-21-13-6-17(7-14-21)16-24-27(32)31-26(19-8-11-20(29)12-9-19)23-15-10-18-4-2-3-5-22(18)25(23)30-28(31)34-24/h2-9,11-14,16,26H,10,15H2,1H3/b24-16+/t26-/m1/s1. The Kier molecular flexibility index (Phi) is 5.03. The molecule has 1 aliphatic carbocycles. The zero-order valence-electron chi connectivity index (χ0n) is 18.5. The number of aryl methyl sites for hydroxylation is 1. The van der Waals surface area contributed by atoms with E-state index in [1.807, 2.05) is 42.5 Å². The SMILES string of the molecule is COc1ccc(/C=c2/sc3n(c2=O)[C@H](c2ccc(F)cc2)C2=C(N=3)c3ccccc3CC2)cc1. The van der Waals surface area contributed by atoms with Crippen molar-refractivity contribution in [3.05, 3.63) is 126 Å². The molecule has 0 unspecified atom stereocenters. The predicted molar refractivity (Wildman–Crippen MR) is 132 cm³/mol. The molecule has 6 rings (SSSR count). The third-order valence-corrected chi connectivity index (χ3v) is 7.46. The van der Waals surface area contributed by atoms with Crippen molar-refractivity contribution >= 4 is 23.1 Å². The number of nitrogens with zero attached hydrogens (tertiary/aromatic N) is 2. The minimum Gasteiger partial charge on any atom is -0.497 e. The molecular weight excluding hydrogens is 447 g/mol. The third-order valence-electron chi connectivity index (χ3n) is 6.47. The van der Waals surface area contributed by atoms with Crippen molar-refractivity contribution in [3.8, 4) is 5.75 Å². The number of rotatable bonds is 3. The first-order valence-electron chi connectivity index (χ1n) is 11.1. The molecule has 0 saturated heterocycles. The number of ether oxygens (including phenoxy) is 1. The van der Waals surface area contributed by atoms with Crippen molar-refractivity contribution in [1.82, 2.24) is 4.57 Å². The first-order valence-corrected chi connectivity index (χ1v) is 12.0. The summed E-state index contributed by atoms with van der Waals surface area (Å²) in [7, 11) is 1.63. The molecule has 0 saturated carbocycles. The molecule has 2 aliphatic rings. The van der Waals surface area contributed by atoms with Crippen molar-refractivity contribution < 1.29 is 9.13 Å². The lowest BCUT2D eigenvalue weighted by Gasteiger charge is -2.30. The van der Waals surface area contributed by atoms with Gasteiger partial charge in [-0.2, -0.15) is 0 Å². The van der Waals surface area contributed by atoms with Gasteiger partial charge in [-0.3, -0.25) is 9.36 Å². The van der Waals surface area contributed by atoms with Crippen LogP contribution in [0.5, 0.6) is 5.75 Å². The van der Waals surface area contributed by atoms with E-state index >= 15 is 0 Å². The summed E-state index contributed by atoms with van der Waals surface area (Å²) in [6, 6.07) is 22.1. The van der Waals surface area contributed by atoms with Gasteiger partial charge in [0, 0.05) is 5.56 Å². The zero-order chi connectivity index (χ0) is 23.2. The Balaban J connectivity index is 1.59. The van der Waals surface area contributed by atoms with Crippen LogP contribution in [0.4, 0.5) is 4.39 Å². The molecule has 0 N–H and O–H groups in total. The summed E-state index contributed by atoms with van der Waals surface area (Å²) in [4.78, 5) is 19.3. The second kappa shape index (κ2) is 8.22. The summed E-state index contributed by atoms with van der Waals surface area (Å²) in [6.45, 7) is 0. The van der Waals surface area contributed by atoms with Gasteiger partial charge in [-0.25, -0.2) is 9.38 Å². The third kappa shape index (κ3) is 3.42. The first-order chi connectivity index (χ1) is 16.6. The minimum absolute atomic E-state index is 0.0840. The maximum absolute atomic E-state index is 13.7. The first kappa shape index (κ1) is 20.8. The Labute approximate surface area is 199 Å². The van der Waals surface area contributed by atoms with Crippen molar-refractivity contribution in [1.29, 1.82) is 0 Å². The van der Waals surface area contributed by atoms with Crippen LogP contribution < -0.4 is 19.6 Å². The van der Waals surface area contributed by atoms with Crippen molar-refractivity contribution in [2.75, 3.05) is 7.11 Å². The van der Waals surface area contributed by atoms with Gasteiger partial charge >= 0.3 is 0 Å². The molecule has 0 bridgehead atoms. The second-order valence-electron chi connectivity index (χ2n) is 8.44. The number of methoxy groups -OCH3 is 1. The largest absolute Gasteiger partial charge is 0.497 e. The summed E-state index contributed by atoms with van der Waals surface area (Å²) in [5.41, 5.74) is 6.14. The fourth-order valence-electron chi connectivity index (χ4n) is 4.82. The van der Waals surface area contributed by atoms with Crippen LogP contribution in [0.15, 0.2) is 88.2 Å². The van der Waals surface area contributed by atoms with Crippen molar-refractivity contribution in [2.45, 2.75) is 18.9 Å². The summed E-state index contributed by atoms with van der Waals surface area (Å²) in [5.74, 6) is 0.472. The van der Waals surface area contributed by atoms with Gasteiger partial charge in [-0.1, -0.05) is 59.9 Å². The summed E-state index contributed by atoms with van der Waals surface area (Å²) >= 11 is 1.39. The fourth-order valence-corrected chi connectivity index (χ4v) is 5.82. The van der Waals surface area contributed by atoms with Crippen LogP contribution in [0.3, 0.4) is 0 Å². The number of halogens is 1. The van der Waals surface area contributed by atoms with Gasteiger partial charge in [0.2, 0.25) is 0 Å². The van der Waals surface area contributed by atoms with Crippen LogP contribution in [0.1, 0.15) is 34.7 Å². The smallest absolute Gasteiger partial charge is 0.271 e. The number of benzene rings is 3. The summed E-state index contributed by atoms with van der Waals surface area (Å²) in [5, 5.41) is 0. The van der Waals surface area contributed by atoms with E-state index in [9.17, 15) is 9.18 Å². The molecule has 1 atom stereocenters. The molecule has 6 heteroatoms. The molecule has 168 valence electrons. The molecule has 4 nitrogen and oxygen atoms in total. The Morgan fingerprint density at radius 2 is 1.79 bits per heavy atom. The van der Waals surface area contributed by atoms with Crippen LogP contribution in [0, 0.1) is 5.82 Å². The fraction of sp³-hybridized carbons (Fsp3) is 0.143. The van der Waals surface area contributed by atoms with Crippen LogP contribution in [0.25, 0.3) is 11.8 Å². The van der Waals surface area contributed by atoms with Gasteiger partial charge in [0.25, 0.3) is 5.56 Å². The highest BCUT2D eigenvalue weighted by Crippen LogP contribution is 2.41. The highest BCUT2D eigenvalue weighted by molar-refractivity contribution is 7.07. The highest BCUT2D eigenvalue weighted by atomic mass is 32.1. The average Bonchev–Trinajstić information content (AvgIpc) is 3.18. The topological polar surface area (TPSA) is 43.6 Å². The molecule has 0 radical (unpaired) electrons. The van der Waals surface area contributed by atoms with E-state index in [0.29, 0.717) is 9.33 Å². The molecule has 1 aromatic heterocycles. The van der Waals surface area contributed by atoms with E-state index in [1.165, 1.54) is 29.0 Å². The Morgan fingerprint density at radius 1 is 1.03 bits per heavy atom. The normalized spacial score (nSPS) is 17.0. The minimum atomic E-state index is -0.307. The number of hydrogen-bond acceptors (Lipinski definition) is 4. The van der Waals surface area contributed by atoms with E-state index in [2.05, 4.69) is 12.1 Å². The van der Waals surface area contributed by atoms with E-state index in [1.54, 1.807) is 23.8 Å². The number of hydrogen-bond donors (Lipinski definition) is 0. The zero-order valence-corrected chi connectivity index (χ0v) is 19.3. The molecule has 2 heterocycles. The Morgan fingerprint density at radius 3 is 2.56 bits per heavy atom. The lowest BCUT2D eigenvalue weighted by molar-refractivity contribution is 0.415. The van der Waals surface area contributed by atoms with Crippen molar-refractivity contribution in [2.24, 2.45) is 4.99 Å². The van der Waals surface area contributed by atoms with Gasteiger partial charge in [0.15, 0.2) is 4.80 Å². The van der Waals surface area contributed by atoms with E-state index < -0.39 is 0 Å². The van der Waals surface area contributed by atoms with Gasteiger partial charge in [0.1, 0.15) is 11.6 Å². The monoisotopic (exact) mass is 468 g/mol. The van der Waals surface area contributed by atoms with E-state index in [4.69, 9.17) is 9.73 Å². The van der Waals surface area contributed by atoms with Gasteiger partial charge in [-0.05, 0) is 65.4 Å². The second-order valence-corrected chi connectivity index (χ2v) is 9.45. The van der Waals surface area contributed by atoms with Crippen LogP contribution in [0.2, 0.25) is 0 Å². The molecule has 3 aromatic carbocycles. The summed E-state index contributed by atoms with van der Waals surface area (Å²) in [6.07, 6.45) is 3.58. The quantitative estimate of drug-likeness (QED) is 0.446. The molecule has 34 heavy (non-hydrogen) atoms. The van der Waals surface area contributed by atoms with E-state index in [-0.39, 0.29) is 17.4 Å². The van der Waals surface area contributed by atoms with Crippen LogP contribution in [-0.2, 0) is 6.42 Å². The number of thiazole rings is 1. The number of allylic oxidation sites excluding steroid dienone is 1. The van der Waals surface area contributed by atoms with Gasteiger partial charge in [0.05, 0.1) is 23.4 Å². The van der Waals surface area contributed by atoms with Crippen molar-refractivity contribution in [3.63, 3.8) is 0 Å². The van der Waals surface area contributed by atoms with E-state index in [0.717, 1.165) is 46.6 Å². The Bertz CT molecular complexity index is 1610. The number of fused-ring (bicyclic) bond motifs is 3. The maximum atomic E-state index is 13.7. The highest BCUT2D eigenvalue weighted by Gasteiger charge is 2.32. The molecular formula is C28H21FN2O2S. The molecule has 0 amide bonds. The molecule has 0 fully saturated rings. The predicted octanol–water partition coefficient (Wildman–Crippen LogP) is 4.47. The molecule has 1 aliphatic heterocycles. The average molecular weight is 469 g/mol. The lowest BCUT2D eigenvalue weighted by atomic mass is 9.83. The maximum Gasteiger partial charge on any atom is 0.271 e. The summed E-state index contributed by atoms with van der Waals surface area (Å²) < 4.78 is 21.4. The molecule has 4 aromatic rings. The van der Waals surface area contributed by atoms with Crippen LogP contribution in [-0.4, -0.2) is 11.7 Å². The molecule has 0 spiro atoms. The lowest BCUT2D eigenvalue weighted by Crippen LogP contribution is -2.38. The van der Waals surface area contributed by atoms with Crippen LogP contribution >= 0.6 is 11.3 Å². The number of aromatic nitrogens is 1. The Hall–Kier alpha value is -3.77. The van der Waals surface area contributed by atoms with Gasteiger partial charge in [-0.15, -0.1) is 0 Å².